The van der Waals surface area contributed by atoms with Crippen molar-refractivity contribution < 1.29 is 13.2 Å². The van der Waals surface area contributed by atoms with Crippen LogP contribution < -0.4 is 10.6 Å². The van der Waals surface area contributed by atoms with Crippen molar-refractivity contribution in [3.63, 3.8) is 0 Å². The molecule has 1 fully saturated rings. The van der Waals surface area contributed by atoms with Gasteiger partial charge in [-0.05, 0) is 23.4 Å². The number of nitroso groups, excluding NO2 is 1. The van der Waals surface area contributed by atoms with Gasteiger partial charge in [-0.1, -0.05) is 0 Å². The quantitative estimate of drug-likeness (QED) is 0.597. The molecule has 0 atom stereocenters. The molecule has 1 aliphatic heterocycles. The number of nitrogens with one attached hydrogen (secondary N) is 1. The first-order valence-corrected chi connectivity index (χ1v) is 8.45. The maximum absolute atomic E-state index is 12.5. The van der Waals surface area contributed by atoms with Gasteiger partial charge in [0.05, 0.1) is 24.1 Å². The van der Waals surface area contributed by atoms with Crippen LogP contribution in [0.4, 0.5) is 30.5 Å². The van der Waals surface area contributed by atoms with Crippen LogP contribution in [0.3, 0.4) is 0 Å². The van der Waals surface area contributed by atoms with Crippen LogP contribution in [0.15, 0.2) is 35.8 Å². The Labute approximate surface area is 158 Å². The standard InChI is InChI=1S/C17H18F3N7O/c18-17(19,20)10-26-3-5-27(6-4-26)15-7-11(1-2-23-15)16(22)12-8-14(25-28)24-9-13(12)21/h1-2,7-9,22H,3-6,10,21H2. The van der Waals surface area contributed by atoms with Crippen LogP contribution in [0.1, 0.15) is 11.1 Å². The molecule has 28 heavy (non-hydrogen) atoms. The van der Waals surface area contributed by atoms with Gasteiger partial charge in [-0.2, -0.15) is 13.2 Å². The number of anilines is 2. The van der Waals surface area contributed by atoms with E-state index >= 15 is 0 Å². The van der Waals surface area contributed by atoms with Gasteiger partial charge in [0, 0.05) is 43.5 Å². The fraction of sp³-hybridized carbons (Fsp3) is 0.353. The molecule has 1 aliphatic rings. The number of rotatable bonds is 5. The van der Waals surface area contributed by atoms with Crippen molar-refractivity contribution >= 4 is 23.0 Å². The van der Waals surface area contributed by atoms with Gasteiger partial charge in [0.1, 0.15) is 5.82 Å². The first kappa shape index (κ1) is 19.7. The Morgan fingerprint density at radius 1 is 1.21 bits per heavy atom. The molecule has 0 unspecified atom stereocenters. The molecule has 0 saturated carbocycles. The smallest absolute Gasteiger partial charge is 0.397 e. The summed E-state index contributed by atoms with van der Waals surface area (Å²) in [7, 11) is 0. The maximum atomic E-state index is 12.5. The lowest BCUT2D eigenvalue weighted by atomic mass is 10.0. The van der Waals surface area contributed by atoms with E-state index in [2.05, 4.69) is 15.1 Å². The van der Waals surface area contributed by atoms with Crippen molar-refractivity contribution in [3.8, 4) is 0 Å². The van der Waals surface area contributed by atoms with Crippen molar-refractivity contribution in [2.75, 3.05) is 43.4 Å². The Balaban J connectivity index is 1.75. The first-order valence-electron chi connectivity index (χ1n) is 8.45. The molecule has 1 saturated heterocycles. The highest BCUT2D eigenvalue weighted by Gasteiger charge is 2.32. The van der Waals surface area contributed by atoms with Crippen LogP contribution in [0.2, 0.25) is 0 Å². The van der Waals surface area contributed by atoms with Crippen LogP contribution in [-0.2, 0) is 0 Å². The van der Waals surface area contributed by atoms with Crippen molar-refractivity contribution in [1.82, 2.24) is 14.9 Å². The summed E-state index contributed by atoms with van der Waals surface area (Å²) in [6.45, 7) is 0.420. The Morgan fingerprint density at radius 2 is 1.93 bits per heavy atom. The number of hydrogen-bond acceptors (Lipinski definition) is 8. The van der Waals surface area contributed by atoms with E-state index in [-0.39, 0.29) is 30.3 Å². The molecule has 0 radical (unpaired) electrons. The fourth-order valence-electron chi connectivity index (χ4n) is 3.01. The average molecular weight is 393 g/mol. The minimum Gasteiger partial charge on any atom is -0.397 e. The van der Waals surface area contributed by atoms with E-state index in [9.17, 15) is 18.1 Å². The maximum Gasteiger partial charge on any atom is 0.401 e. The van der Waals surface area contributed by atoms with Crippen molar-refractivity contribution in [1.29, 1.82) is 5.41 Å². The van der Waals surface area contributed by atoms with Gasteiger partial charge in [-0.3, -0.25) is 10.3 Å². The number of piperazine rings is 1. The molecule has 2 aromatic heterocycles. The van der Waals surface area contributed by atoms with Gasteiger partial charge in [-0.15, -0.1) is 4.91 Å². The number of alkyl halides is 3. The van der Waals surface area contributed by atoms with Crippen molar-refractivity contribution in [3.05, 3.63) is 46.6 Å². The summed E-state index contributed by atoms with van der Waals surface area (Å²) in [5.74, 6) is 0.485. The van der Waals surface area contributed by atoms with Crippen LogP contribution in [0.25, 0.3) is 0 Å². The van der Waals surface area contributed by atoms with Gasteiger partial charge in [-0.25, -0.2) is 9.97 Å². The summed E-state index contributed by atoms with van der Waals surface area (Å²) in [5, 5.41) is 11.1. The molecule has 0 spiro atoms. The number of hydrogen-bond donors (Lipinski definition) is 2. The lowest BCUT2D eigenvalue weighted by molar-refractivity contribution is -0.146. The Bertz CT molecular complexity index is 879. The van der Waals surface area contributed by atoms with E-state index in [1.54, 1.807) is 12.1 Å². The van der Waals surface area contributed by atoms with E-state index < -0.39 is 12.7 Å². The summed E-state index contributed by atoms with van der Waals surface area (Å²) < 4.78 is 37.6. The molecule has 0 amide bonds. The second kappa shape index (κ2) is 7.89. The largest absolute Gasteiger partial charge is 0.401 e. The van der Waals surface area contributed by atoms with Gasteiger partial charge < -0.3 is 10.6 Å². The third-order valence-electron chi connectivity index (χ3n) is 4.42. The summed E-state index contributed by atoms with van der Waals surface area (Å²) in [5.41, 5.74) is 6.99. The van der Waals surface area contributed by atoms with E-state index in [1.807, 2.05) is 4.90 Å². The zero-order valence-corrected chi connectivity index (χ0v) is 14.8. The van der Waals surface area contributed by atoms with E-state index in [1.165, 1.54) is 23.4 Å². The van der Waals surface area contributed by atoms with Crippen LogP contribution in [0, 0.1) is 10.3 Å². The number of nitrogen functional groups attached to an aromatic ring is 1. The minimum absolute atomic E-state index is 0.0733. The predicted molar refractivity (Wildman–Crippen MR) is 99.0 cm³/mol. The Morgan fingerprint density at radius 3 is 2.57 bits per heavy atom. The second-order valence-electron chi connectivity index (χ2n) is 6.38. The van der Waals surface area contributed by atoms with E-state index in [0.717, 1.165) is 0 Å². The molecule has 0 aromatic carbocycles. The van der Waals surface area contributed by atoms with Gasteiger partial charge in [0.25, 0.3) is 0 Å². The number of pyridine rings is 2. The molecule has 3 N–H and O–H groups in total. The SMILES string of the molecule is N=C(c1ccnc(N2CCN(CC(F)(F)F)CC2)c1)c1cc(N=O)ncc1N. The highest BCUT2D eigenvalue weighted by atomic mass is 19.4. The van der Waals surface area contributed by atoms with E-state index in [4.69, 9.17) is 11.1 Å². The summed E-state index contributed by atoms with van der Waals surface area (Å²) in [4.78, 5) is 21.9. The lowest BCUT2D eigenvalue weighted by Gasteiger charge is -2.35. The number of aromatic nitrogens is 2. The molecule has 0 aliphatic carbocycles. The topological polar surface area (TPSA) is 112 Å². The normalized spacial score (nSPS) is 15.5. The number of halogens is 3. The zero-order chi connectivity index (χ0) is 20.3. The highest BCUT2D eigenvalue weighted by Crippen LogP contribution is 2.23. The molecule has 148 valence electrons. The summed E-state index contributed by atoms with van der Waals surface area (Å²) in [6.07, 6.45) is -1.42. The molecule has 3 rings (SSSR count). The molecular formula is C17H18F3N7O. The third kappa shape index (κ3) is 4.60. The number of nitrogens with zero attached hydrogens (tertiary/aromatic N) is 5. The molecule has 0 bridgehead atoms. The second-order valence-corrected chi connectivity index (χ2v) is 6.38. The monoisotopic (exact) mass is 393 g/mol. The lowest BCUT2D eigenvalue weighted by Crippen LogP contribution is -2.49. The Kier molecular flexibility index (Phi) is 5.54. The van der Waals surface area contributed by atoms with Gasteiger partial charge >= 0.3 is 6.18 Å². The molecule has 8 nitrogen and oxygen atoms in total. The Hall–Kier alpha value is -3.08. The highest BCUT2D eigenvalue weighted by molar-refractivity contribution is 6.14. The third-order valence-corrected chi connectivity index (χ3v) is 4.42. The van der Waals surface area contributed by atoms with Gasteiger partial charge in [0.2, 0.25) is 0 Å². The first-order chi connectivity index (χ1) is 13.3. The predicted octanol–water partition coefficient (Wildman–Crippen LogP) is 2.56. The van der Waals surface area contributed by atoms with Crippen LogP contribution in [-0.4, -0.2) is 59.5 Å². The molecule has 2 aromatic rings. The molecule has 3 heterocycles. The van der Waals surface area contributed by atoms with Crippen molar-refractivity contribution in [2.45, 2.75) is 6.18 Å². The van der Waals surface area contributed by atoms with Crippen LogP contribution in [0.5, 0.6) is 0 Å². The number of nitrogens with two attached hydrogens (primary N) is 1. The van der Waals surface area contributed by atoms with Crippen LogP contribution >= 0.6 is 0 Å². The fourth-order valence-corrected chi connectivity index (χ4v) is 3.01. The summed E-state index contributed by atoms with van der Waals surface area (Å²) >= 11 is 0. The average Bonchev–Trinajstić information content (AvgIpc) is 2.67. The zero-order valence-electron chi connectivity index (χ0n) is 14.8. The van der Waals surface area contributed by atoms with E-state index in [0.29, 0.717) is 30.0 Å². The molecule has 11 heteroatoms. The minimum atomic E-state index is -4.21. The van der Waals surface area contributed by atoms with Gasteiger partial charge in [0.15, 0.2) is 5.82 Å². The summed E-state index contributed by atoms with van der Waals surface area (Å²) in [6, 6.07) is 4.63. The molecular weight excluding hydrogens is 375 g/mol. The van der Waals surface area contributed by atoms with Crippen molar-refractivity contribution in [2.24, 2.45) is 5.18 Å².